The molecule has 2 aliphatic carbocycles. The quantitative estimate of drug-likeness (QED) is 0.832. The normalized spacial score (nSPS) is 29.4. The van der Waals surface area contributed by atoms with Crippen molar-refractivity contribution in [3.63, 3.8) is 0 Å². The number of likely N-dealkylation sites (N-methyl/N-ethyl adjacent to an activating group) is 1. The highest BCUT2D eigenvalue weighted by Gasteiger charge is 2.45. The molecule has 2 aromatic rings. The van der Waals surface area contributed by atoms with E-state index in [1.807, 2.05) is 11.3 Å². The average Bonchev–Trinajstić information content (AvgIpc) is 3.01. The number of nitrogens with one attached hydrogen (secondary N) is 1. The molecule has 1 heterocycles. The van der Waals surface area contributed by atoms with E-state index in [1.54, 1.807) is 11.1 Å². The minimum atomic E-state index is 0.244. The van der Waals surface area contributed by atoms with Gasteiger partial charge >= 0.3 is 0 Å². The first-order valence-electron chi connectivity index (χ1n) is 7.60. The third-order valence-corrected chi connectivity index (χ3v) is 6.40. The lowest BCUT2D eigenvalue weighted by atomic mass is 9.77. The van der Waals surface area contributed by atoms with Gasteiger partial charge in [-0.05, 0) is 68.7 Å². The monoisotopic (exact) mass is 283 g/mol. The third-order valence-electron chi connectivity index (χ3n) is 5.27. The second-order valence-electron chi connectivity index (χ2n) is 6.45. The van der Waals surface area contributed by atoms with Crippen LogP contribution < -0.4 is 5.32 Å². The Hall–Kier alpha value is -1.12. The van der Waals surface area contributed by atoms with Crippen LogP contribution in [0, 0.1) is 5.92 Å². The molecule has 2 bridgehead atoms. The summed E-state index contributed by atoms with van der Waals surface area (Å²) in [4.78, 5) is 1.48. The molecule has 20 heavy (non-hydrogen) atoms. The van der Waals surface area contributed by atoms with Gasteiger partial charge in [-0.2, -0.15) is 0 Å². The fraction of sp³-hybridized carbons (Fsp3) is 0.444. The Bertz CT molecular complexity index is 663. The zero-order valence-electron chi connectivity index (χ0n) is 12.2. The molecule has 2 unspecified atom stereocenters. The van der Waals surface area contributed by atoms with Crippen molar-refractivity contribution >= 4 is 27.0 Å². The van der Waals surface area contributed by atoms with Gasteiger partial charge in [0.1, 0.15) is 0 Å². The van der Waals surface area contributed by atoms with Crippen LogP contribution in [-0.2, 0) is 0 Å². The molecule has 0 radical (unpaired) electrons. The third kappa shape index (κ3) is 1.71. The van der Waals surface area contributed by atoms with E-state index in [1.165, 1.54) is 40.6 Å². The molecule has 0 spiro atoms. The van der Waals surface area contributed by atoms with Crippen LogP contribution in [0.3, 0.4) is 0 Å². The maximum Gasteiger partial charge on any atom is 0.0448 e. The zero-order chi connectivity index (χ0) is 13.7. The van der Waals surface area contributed by atoms with Crippen LogP contribution >= 0.6 is 11.3 Å². The van der Waals surface area contributed by atoms with Gasteiger partial charge in [-0.15, -0.1) is 11.3 Å². The Kier molecular flexibility index (Phi) is 2.80. The van der Waals surface area contributed by atoms with Crippen LogP contribution in [0.1, 0.15) is 37.5 Å². The molecule has 0 aliphatic heterocycles. The van der Waals surface area contributed by atoms with Crippen LogP contribution in [0.25, 0.3) is 15.7 Å². The molecule has 1 nitrogen and oxygen atoms in total. The number of fused-ring (bicyclic) bond motifs is 3. The van der Waals surface area contributed by atoms with Gasteiger partial charge in [0.25, 0.3) is 0 Å². The smallest absolute Gasteiger partial charge is 0.0448 e. The molecule has 1 N–H and O–H groups in total. The minimum Gasteiger partial charge on any atom is -0.310 e. The highest BCUT2D eigenvalue weighted by Crippen LogP contribution is 2.53. The summed E-state index contributed by atoms with van der Waals surface area (Å²) in [6.45, 7) is 2.35. The molecular weight excluding hydrogens is 262 g/mol. The van der Waals surface area contributed by atoms with Gasteiger partial charge in [0.15, 0.2) is 0 Å². The van der Waals surface area contributed by atoms with Crippen LogP contribution in [0.2, 0.25) is 0 Å². The molecule has 1 aromatic heterocycles. The van der Waals surface area contributed by atoms with Crippen LogP contribution in [0.15, 0.2) is 35.9 Å². The topological polar surface area (TPSA) is 12.0 Å². The molecule has 2 heteroatoms. The molecule has 1 aromatic carbocycles. The number of thiophene rings is 1. The summed E-state index contributed by atoms with van der Waals surface area (Å²) in [6, 6.07) is 11.2. The molecule has 2 atom stereocenters. The van der Waals surface area contributed by atoms with Crippen LogP contribution in [-0.4, -0.2) is 12.6 Å². The average molecular weight is 283 g/mol. The number of allylic oxidation sites excluding steroid dienone is 1. The first kappa shape index (κ1) is 12.6. The molecular formula is C18H21NS. The lowest BCUT2D eigenvalue weighted by Gasteiger charge is -2.37. The van der Waals surface area contributed by atoms with Gasteiger partial charge in [-0.25, -0.2) is 0 Å². The number of hydrogen-bond donors (Lipinski definition) is 1. The van der Waals surface area contributed by atoms with Gasteiger partial charge in [-0.1, -0.05) is 23.8 Å². The van der Waals surface area contributed by atoms with Crippen molar-refractivity contribution in [1.82, 2.24) is 5.32 Å². The first-order valence-corrected chi connectivity index (χ1v) is 8.41. The highest BCUT2D eigenvalue weighted by atomic mass is 32.1. The van der Waals surface area contributed by atoms with Crippen molar-refractivity contribution in [1.29, 1.82) is 0 Å². The summed E-state index contributed by atoms with van der Waals surface area (Å²) in [5.74, 6) is 0.903. The Morgan fingerprint density at radius 2 is 2.15 bits per heavy atom. The molecule has 0 amide bonds. The summed E-state index contributed by atoms with van der Waals surface area (Å²) in [5, 5.41) is 5.07. The molecule has 2 aliphatic rings. The van der Waals surface area contributed by atoms with Gasteiger partial charge < -0.3 is 5.32 Å². The Morgan fingerprint density at radius 1 is 1.30 bits per heavy atom. The van der Waals surface area contributed by atoms with Gasteiger partial charge in [0.05, 0.1) is 0 Å². The number of rotatable bonds is 2. The summed E-state index contributed by atoms with van der Waals surface area (Å²) in [5.41, 5.74) is 3.46. The van der Waals surface area contributed by atoms with E-state index >= 15 is 0 Å². The minimum absolute atomic E-state index is 0.244. The lowest BCUT2D eigenvalue weighted by molar-refractivity contribution is 0.416. The largest absolute Gasteiger partial charge is 0.310 e. The predicted octanol–water partition coefficient (Wildman–Crippen LogP) is 4.84. The maximum atomic E-state index is 3.68. The molecule has 1 fully saturated rings. The van der Waals surface area contributed by atoms with E-state index in [0.29, 0.717) is 0 Å². The van der Waals surface area contributed by atoms with Crippen molar-refractivity contribution in [2.24, 2.45) is 5.92 Å². The second kappa shape index (κ2) is 4.44. The van der Waals surface area contributed by atoms with Crippen molar-refractivity contribution in [2.75, 3.05) is 7.05 Å². The lowest BCUT2D eigenvalue weighted by Crippen LogP contribution is -2.43. The molecule has 0 saturated heterocycles. The second-order valence-corrected chi connectivity index (χ2v) is 7.53. The first-order chi connectivity index (χ1) is 9.72. The Morgan fingerprint density at radius 3 is 2.95 bits per heavy atom. The Labute approximate surface area is 124 Å². The Balaban J connectivity index is 1.90. The van der Waals surface area contributed by atoms with Gasteiger partial charge in [-0.3, -0.25) is 0 Å². The highest BCUT2D eigenvalue weighted by molar-refractivity contribution is 7.20. The SMILES string of the molecule is CNC12CCC(CC(C)=C1c1cc3ccccc3s1)C2. The maximum absolute atomic E-state index is 3.68. The standard InChI is InChI=1S/C18H21NS/c1-12-9-13-7-8-18(11-13,19-2)17(12)16-10-14-5-3-4-6-15(14)20-16/h3-6,10,13,19H,7-9,11H2,1-2H3. The van der Waals surface area contributed by atoms with E-state index in [-0.39, 0.29) is 5.54 Å². The van der Waals surface area contributed by atoms with E-state index in [9.17, 15) is 0 Å². The van der Waals surface area contributed by atoms with Crippen molar-refractivity contribution < 1.29 is 0 Å². The van der Waals surface area contributed by atoms with Crippen molar-refractivity contribution in [3.8, 4) is 0 Å². The molecule has 4 rings (SSSR count). The molecule has 1 saturated carbocycles. The van der Waals surface area contributed by atoms with E-state index < -0.39 is 0 Å². The molecule has 104 valence electrons. The summed E-state index contributed by atoms with van der Waals surface area (Å²) in [6.07, 6.45) is 5.30. The summed E-state index contributed by atoms with van der Waals surface area (Å²) < 4.78 is 1.41. The fourth-order valence-electron chi connectivity index (χ4n) is 4.40. The number of hydrogen-bond acceptors (Lipinski definition) is 2. The van der Waals surface area contributed by atoms with Crippen molar-refractivity contribution in [2.45, 2.75) is 38.1 Å². The van der Waals surface area contributed by atoms with Gasteiger partial charge in [0, 0.05) is 15.1 Å². The van der Waals surface area contributed by atoms with E-state index in [2.05, 4.69) is 49.6 Å². The van der Waals surface area contributed by atoms with Crippen molar-refractivity contribution in [3.05, 3.63) is 40.8 Å². The number of benzene rings is 1. The zero-order valence-corrected chi connectivity index (χ0v) is 13.0. The van der Waals surface area contributed by atoms with E-state index in [0.717, 1.165) is 5.92 Å². The van der Waals surface area contributed by atoms with Crippen LogP contribution in [0.5, 0.6) is 0 Å². The van der Waals surface area contributed by atoms with Gasteiger partial charge in [0.2, 0.25) is 0 Å². The van der Waals surface area contributed by atoms with E-state index in [4.69, 9.17) is 0 Å². The predicted molar refractivity (Wildman–Crippen MR) is 88.2 cm³/mol. The summed E-state index contributed by atoms with van der Waals surface area (Å²) >= 11 is 1.96. The fourth-order valence-corrected chi connectivity index (χ4v) is 5.68. The summed E-state index contributed by atoms with van der Waals surface area (Å²) in [7, 11) is 2.15. The van der Waals surface area contributed by atoms with Crippen LogP contribution in [0.4, 0.5) is 0 Å².